The van der Waals surface area contributed by atoms with Crippen molar-refractivity contribution in [1.29, 1.82) is 0 Å². The molecule has 3 rings (SSSR count). The molecule has 1 aliphatic heterocycles. The lowest BCUT2D eigenvalue weighted by Crippen LogP contribution is -2.32. The Morgan fingerprint density at radius 1 is 1.17 bits per heavy atom. The minimum Gasteiger partial charge on any atom is -0.497 e. The third-order valence-electron chi connectivity index (χ3n) is 4.09. The number of nitrogens with zero attached hydrogens (tertiary/aromatic N) is 1. The summed E-state index contributed by atoms with van der Waals surface area (Å²) in [5.41, 5.74) is 2.22. The molecule has 1 aliphatic rings. The minimum absolute atomic E-state index is 0.168. The van der Waals surface area contributed by atoms with Gasteiger partial charge in [-0.15, -0.1) is 0 Å². The fourth-order valence-corrected chi connectivity index (χ4v) is 2.74. The van der Waals surface area contributed by atoms with Gasteiger partial charge in [-0.25, -0.2) is 0 Å². The van der Waals surface area contributed by atoms with E-state index >= 15 is 0 Å². The number of ether oxygens (including phenoxy) is 2. The second kappa shape index (κ2) is 7.18. The number of carbonyl (C=O) groups excluding carboxylic acids is 1. The summed E-state index contributed by atoms with van der Waals surface area (Å²) in [6.45, 7) is 1.80. The number of para-hydroxylation sites is 1. The van der Waals surface area contributed by atoms with E-state index in [4.69, 9.17) is 9.47 Å². The molecule has 4 heteroatoms. The first-order chi connectivity index (χ1) is 11.3. The lowest BCUT2D eigenvalue weighted by Gasteiger charge is -2.19. The Hall–Kier alpha value is -2.49. The van der Waals surface area contributed by atoms with Crippen LogP contribution in [0.25, 0.3) is 0 Å². The number of fused-ring (bicyclic) bond motifs is 1. The summed E-state index contributed by atoms with van der Waals surface area (Å²) in [4.78, 5) is 14.4. The lowest BCUT2D eigenvalue weighted by molar-refractivity contribution is -0.131. The molecule has 23 heavy (non-hydrogen) atoms. The van der Waals surface area contributed by atoms with Gasteiger partial charge in [0.15, 0.2) is 0 Å². The first-order valence-corrected chi connectivity index (χ1v) is 7.87. The van der Waals surface area contributed by atoms with Crippen molar-refractivity contribution in [3.63, 3.8) is 0 Å². The highest BCUT2D eigenvalue weighted by Gasteiger charge is 2.19. The van der Waals surface area contributed by atoms with E-state index in [9.17, 15) is 4.79 Å². The number of aryl methyl sites for hydroxylation is 1. The average Bonchev–Trinajstić information content (AvgIpc) is 2.82. The van der Waals surface area contributed by atoms with Crippen molar-refractivity contribution in [3.05, 3.63) is 59.7 Å². The Balaban J connectivity index is 1.59. The number of hydrogen-bond acceptors (Lipinski definition) is 3. The van der Waals surface area contributed by atoms with Gasteiger partial charge in [0.25, 0.3) is 0 Å². The zero-order chi connectivity index (χ0) is 16.1. The van der Waals surface area contributed by atoms with E-state index < -0.39 is 0 Å². The number of benzene rings is 2. The fourth-order valence-electron chi connectivity index (χ4n) is 2.74. The molecule has 1 heterocycles. The highest BCUT2D eigenvalue weighted by atomic mass is 16.5. The Bertz CT molecular complexity index is 667. The molecular formula is C19H21NO3. The monoisotopic (exact) mass is 311 g/mol. The maximum atomic E-state index is 12.5. The van der Waals surface area contributed by atoms with Gasteiger partial charge in [0.1, 0.15) is 18.1 Å². The molecule has 1 amide bonds. The molecule has 0 bridgehead atoms. The van der Waals surface area contributed by atoms with Crippen LogP contribution in [0.4, 0.5) is 0 Å². The van der Waals surface area contributed by atoms with E-state index in [1.165, 1.54) is 0 Å². The van der Waals surface area contributed by atoms with E-state index in [-0.39, 0.29) is 5.91 Å². The van der Waals surface area contributed by atoms with Crippen molar-refractivity contribution < 1.29 is 14.3 Å². The van der Waals surface area contributed by atoms with Crippen LogP contribution in [0.2, 0.25) is 0 Å². The topological polar surface area (TPSA) is 38.8 Å². The molecule has 0 spiro atoms. The fraction of sp³-hybridized carbons (Fsp3) is 0.316. The zero-order valence-electron chi connectivity index (χ0n) is 13.3. The van der Waals surface area contributed by atoms with Gasteiger partial charge in [-0.05, 0) is 30.2 Å². The maximum Gasteiger partial charge on any atom is 0.223 e. The molecule has 0 saturated heterocycles. The van der Waals surface area contributed by atoms with Crippen molar-refractivity contribution in [1.82, 2.24) is 4.90 Å². The molecule has 0 fully saturated rings. The smallest absolute Gasteiger partial charge is 0.223 e. The highest BCUT2D eigenvalue weighted by molar-refractivity contribution is 5.76. The SMILES string of the molecule is COc1ccc(CCC(=O)N2CCOc3ccccc3C2)cc1. The highest BCUT2D eigenvalue weighted by Crippen LogP contribution is 2.23. The van der Waals surface area contributed by atoms with Crippen LogP contribution in [0.3, 0.4) is 0 Å². The van der Waals surface area contributed by atoms with Gasteiger partial charge in [0.2, 0.25) is 5.91 Å². The lowest BCUT2D eigenvalue weighted by atomic mass is 10.1. The average molecular weight is 311 g/mol. The Kier molecular flexibility index (Phi) is 4.81. The summed E-state index contributed by atoms with van der Waals surface area (Å²) in [6, 6.07) is 15.8. The number of carbonyl (C=O) groups is 1. The summed E-state index contributed by atoms with van der Waals surface area (Å²) in [5, 5.41) is 0. The standard InChI is InChI=1S/C19H21NO3/c1-22-17-9-6-15(7-10-17)8-11-19(21)20-12-13-23-18-5-3-2-4-16(18)14-20/h2-7,9-10H,8,11-14H2,1H3. The molecule has 0 unspecified atom stereocenters. The van der Waals surface area contributed by atoms with Crippen molar-refractivity contribution >= 4 is 5.91 Å². The minimum atomic E-state index is 0.168. The molecule has 0 atom stereocenters. The predicted octanol–water partition coefficient (Wildman–Crippen LogP) is 3.05. The largest absolute Gasteiger partial charge is 0.497 e. The molecule has 120 valence electrons. The second-order valence-electron chi connectivity index (χ2n) is 5.62. The van der Waals surface area contributed by atoms with Gasteiger partial charge in [-0.2, -0.15) is 0 Å². The summed E-state index contributed by atoms with van der Waals surface area (Å²) < 4.78 is 10.9. The first kappa shape index (κ1) is 15.4. The summed E-state index contributed by atoms with van der Waals surface area (Å²) in [7, 11) is 1.65. The summed E-state index contributed by atoms with van der Waals surface area (Å²) >= 11 is 0. The maximum absolute atomic E-state index is 12.5. The Morgan fingerprint density at radius 2 is 1.96 bits per heavy atom. The molecule has 0 aliphatic carbocycles. The van der Waals surface area contributed by atoms with Crippen molar-refractivity contribution in [2.75, 3.05) is 20.3 Å². The Labute approximate surface area is 136 Å². The van der Waals surface area contributed by atoms with Crippen LogP contribution in [0.1, 0.15) is 17.5 Å². The second-order valence-corrected chi connectivity index (χ2v) is 5.62. The van der Waals surface area contributed by atoms with Crippen LogP contribution in [-0.2, 0) is 17.8 Å². The van der Waals surface area contributed by atoms with E-state index in [1.807, 2.05) is 53.4 Å². The van der Waals surface area contributed by atoms with E-state index in [0.29, 0.717) is 26.1 Å². The number of hydrogen-bond donors (Lipinski definition) is 0. The van der Waals surface area contributed by atoms with Crippen molar-refractivity contribution in [3.8, 4) is 11.5 Å². The number of methoxy groups -OCH3 is 1. The van der Waals surface area contributed by atoms with Crippen LogP contribution in [0.5, 0.6) is 11.5 Å². The first-order valence-electron chi connectivity index (χ1n) is 7.87. The normalized spacial score (nSPS) is 13.7. The van der Waals surface area contributed by atoms with E-state index in [2.05, 4.69) is 0 Å². The van der Waals surface area contributed by atoms with Gasteiger partial charge >= 0.3 is 0 Å². The zero-order valence-corrected chi connectivity index (χ0v) is 13.3. The van der Waals surface area contributed by atoms with Crippen LogP contribution in [0, 0.1) is 0 Å². The predicted molar refractivity (Wildman–Crippen MR) is 88.7 cm³/mol. The van der Waals surface area contributed by atoms with Gasteiger partial charge in [0.05, 0.1) is 13.7 Å². The van der Waals surface area contributed by atoms with Crippen LogP contribution in [-0.4, -0.2) is 31.1 Å². The number of rotatable bonds is 4. The van der Waals surface area contributed by atoms with Crippen LogP contribution < -0.4 is 9.47 Å². The number of amides is 1. The Morgan fingerprint density at radius 3 is 2.74 bits per heavy atom. The van der Waals surface area contributed by atoms with Gasteiger partial charge in [-0.3, -0.25) is 4.79 Å². The van der Waals surface area contributed by atoms with E-state index in [0.717, 1.165) is 29.0 Å². The van der Waals surface area contributed by atoms with Crippen LogP contribution >= 0.6 is 0 Å². The summed E-state index contributed by atoms with van der Waals surface area (Å²) in [5.74, 6) is 1.89. The molecule has 4 nitrogen and oxygen atoms in total. The molecule has 2 aromatic carbocycles. The van der Waals surface area contributed by atoms with Crippen LogP contribution in [0.15, 0.2) is 48.5 Å². The van der Waals surface area contributed by atoms with Gasteiger partial charge in [0, 0.05) is 18.5 Å². The molecule has 0 N–H and O–H groups in total. The third-order valence-corrected chi connectivity index (χ3v) is 4.09. The van der Waals surface area contributed by atoms with Crippen molar-refractivity contribution in [2.45, 2.75) is 19.4 Å². The molecule has 2 aromatic rings. The molecule has 0 aromatic heterocycles. The molecule has 0 saturated carbocycles. The summed E-state index contributed by atoms with van der Waals surface area (Å²) in [6.07, 6.45) is 1.25. The quantitative estimate of drug-likeness (QED) is 0.871. The third kappa shape index (κ3) is 3.83. The molecule has 0 radical (unpaired) electrons. The van der Waals surface area contributed by atoms with Gasteiger partial charge in [-0.1, -0.05) is 30.3 Å². The molecular weight excluding hydrogens is 290 g/mol. The van der Waals surface area contributed by atoms with E-state index in [1.54, 1.807) is 7.11 Å². The van der Waals surface area contributed by atoms with Gasteiger partial charge < -0.3 is 14.4 Å². The van der Waals surface area contributed by atoms with Crippen molar-refractivity contribution in [2.24, 2.45) is 0 Å².